The third kappa shape index (κ3) is 6.42. The molecule has 0 aliphatic rings. The summed E-state index contributed by atoms with van der Waals surface area (Å²) in [4.78, 5) is 35.0. The second kappa shape index (κ2) is 9.73. The van der Waals surface area contributed by atoms with E-state index < -0.39 is 5.97 Å². The number of nitrogens with two attached hydrogens (primary N) is 1. The van der Waals surface area contributed by atoms with Gasteiger partial charge in [-0.2, -0.15) is 0 Å². The van der Waals surface area contributed by atoms with Crippen LogP contribution in [0.15, 0.2) is 42.5 Å². The first-order valence-electron chi connectivity index (χ1n) is 8.45. The number of ketones is 1. The molecule has 0 atom stereocenters. The van der Waals surface area contributed by atoms with Gasteiger partial charge in [-0.05, 0) is 36.6 Å². The van der Waals surface area contributed by atoms with E-state index in [1.165, 1.54) is 25.1 Å². The monoisotopic (exact) mass is 388 g/mol. The number of carbonyl (C=O) groups excluding carboxylic acids is 3. The molecule has 0 aromatic heterocycles. The summed E-state index contributed by atoms with van der Waals surface area (Å²) in [6.45, 7) is 1.74. The van der Waals surface area contributed by atoms with Crippen molar-refractivity contribution in [3.05, 3.63) is 64.2 Å². The van der Waals surface area contributed by atoms with Gasteiger partial charge in [-0.25, -0.2) is 4.79 Å². The maximum atomic E-state index is 12.2. The number of rotatable bonds is 8. The summed E-state index contributed by atoms with van der Waals surface area (Å²) in [6.07, 6.45) is 1.61. The van der Waals surface area contributed by atoms with Gasteiger partial charge in [-0.1, -0.05) is 35.9 Å². The number of hydrogen-bond acceptors (Lipinski definition) is 5. The van der Waals surface area contributed by atoms with E-state index in [-0.39, 0.29) is 29.5 Å². The topological polar surface area (TPSA) is 98.5 Å². The molecule has 0 saturated carbocycles. The Kier molecular flexibility index (Phi) is 7.37. The molecule has 0 fully saturated rings. The predicted molar refractivity (Wildman–Crippen MR) is 104 cm³/mol. The van der Waals surface area contributed by atoms with E-state index in [0.717, 1.165) is 18.4 Å². The van der Waals surface area contributed by atoms with Gasteiger partial charge in [0.2, 0.25) is 5.91 Å². The number of Topliss-reactive ketones (excluding diaryl/α,β-unsaturated/α-hetero) is 1. The summed E-state index contributed by atoms with van der Waals surface area (Å²) in [5.41, 5.74) is 7.68. The number of aryl methyl sites for hydroxylation is 1. The molecule has 3 N–H and O–H groups in total. The molecule has 0 saturated heterocycles. The summed E-state index contributed by atoms with van der Waals surface area (Å²) >= 11 is 5.81. The zero-order valence-corrected chi connectivity index (χ0v) is 15.7. The first-order valence-corrected chi connectivity index (χ1v) is 8.83. The minimum atomic E-state index is -0.638. The van der Waals surface area contributed by atoms with Crippen molar-refractivity contribution < 1.29 is 19.1 Å². The summed E-state index contributed by atoms with van der Waals surface area (Å²) in [6, 6.07) is 11.5. The van der Waals surface area contributed by atoms with Gasteiger partial charge in [0.15, 0.2) is 12.4 Å². The quantitative estimate of drug-likeness (QED) is 0.313. The molecule has 142 valence electrons. The highest BCUT2D eigenvalue weighted by atomic mass is 35.5. The highest BCUT2D eigenvalue weighted by Crippen LogP contribution is 2.20. The standard InChI is InChI=1S/C20H21ClN2O4/c1-13(24)23-10-2-3-14-4-6-15(7-5-14)19(25)12-27-20(26)16-8-9-17(21)18(22)11-16/h4-9,11H,2-3,10,12,22H2,1H3,(H,23,24). The van der Waals surface area contributed by atoms with Crippen LogP contribution in [0.2, 0.25) is 5.02 Å². The van der Waals surface area contributed by atoms with E-state index in [4.69, 9.17) is 22.1 Å². The second-order valence-corrected chi connectivity index (χ2v) is 6.43. The Morgan fingerprint density at radius 1 is 1.07 bits per heavy atom. The summed E-state index contributed by atoms with van der Waals surface area (Å²) in [5.74, 6) is -0.983. The molecule has 2 aromatic carbocycles. The number of esters is 1. The van der Waals surface area contributed by atoms with Gasteiger partial charge in [0.25, 0.3) is 0 Å². The van der Waals surface area contributed by atoms with Crippen molar-refractivity contribution in [3.8, 4) is 0 Å². The van der Waals surface area contributed by atoms with Crippen LogP contribution in [0, 0.1) is 0 Å². The lowest BCUT2D eigenvalue weighted by Crippen LogP contribution is -2.21. The lowest BCUT2D eigenvalue weighted by Gasteiger charge is -2.07. The number of halogens is 1. The van der Waals surface area contributed by atoms with Gasteiger partial charge in [-0.15, -0.1) is 0 Å². The van der Waals surface area contributed by atoms with Crippen LogP contribution in [0.5, 0.6) is 0 Å². The molecule has 27 heavy (non-hydrogen) atoms. The number of anilines is 1. The summed E-state index contributed by atoms with van der Waals surface area (Å²) < 4.78 is 5.04. The van der Waals surface area contributed by atoms with Crippen LogP contribution in [0.25, 0.3) is 0 Å². The smallest absolute Gasteiger partial charge is 0.338 e. The van der Waals surface area contributed by atoms with E-state index in [2.05, 4.69) is 5.32 Å². The molecule has 6 nitrogen and oxygen atoms in total. The summed E-state index contributed by atoms with van der Waals surface area (Å²) in [5, 5.41) is 3.08. The SMILES string of the molecule is CC(=O)NCCCc1ccc(C(=O)COC(=O)c2ccc(Cl)c(N)c2)cc1. The average molecular weight is 389 g/mol. The summed E-state index contributed by atoms with van der Waals surface area (Å²) in [7, 11) is 0. The number of benzene rings is 2. The molecule has 0 unspecified atom stereocenters. The molecule has 0 bridgehead atoms. The fourth-order valence-corrected chi connectivity index (χ4v) is 2.50. The van der Waals surface area contributed by atoms with Crippen molar-refractivity contribution >= 4 is 34.9 Å². The molecular formula is C20H21ClN2O4. The van der Waals surface area contributed by atoms with E-state index in [1.54, 1.807) is 12.1 Å². The zero-order valence-electron chi connectivity index (χ0n) is 15.0. The van der Waals surface area contributed by atoms with Crippen LogP contribution in [0.3, 0.4) is 0 Å². The Balaban J connectivity index is 1.83. The molecule has 0 aliphatic heterocycles. The van der Waals surface area contributed by atoms with Crippen molar-refractivity contribution in [1.29, 1.82) is 0 Å². The van der Waals surface area contributed by atoms with Gasteiger partial charge < -0.3 is 15.8 Å². The highest BCUT2D eigenvalue weighted by molar-refractivity contribution is 6.33. The Hall–Kier alpha value is -2.86. The van der Waals surface area contributed by atoms with Gasteiger partial charge in [0.05, 0.1) is 16.3 Å². The van der Waals surface area contributed by atoms with Gasteiger partial charge >= 0.3 is 5.97 Å². The molecule has 0 radical (unpaired) electrons. The molecule has 1 amide bonds. The minimum Gasteiger partial charge on any atom is -0.454 e. The van der Waals surface area contributed by atoms with Crippen LogP contribution in [-0.4, -0.2) is 30.8 Å². The first kappa shape index (κ1) is 20.5. The van der Waals surface area contributed by atoms with Crippen LogP contribution in [-0.2, 0) is 16.0 Å². The van der Waals surface area contributed by atoms with Crippen LogP contribution < -0.4 is 11.1 Å². The minimum absolute atomic E-state index is 0.0493. The molecule has 2 rings (SSSR count). The molecule has 0 aliphatic carbocycles. The number of ether oxygens (including phenoxy) is 1. The Labute approximate surface area is 162 Å². The maximum Gasteiger partial charge on any atom is 0.338 e. The molecule has 2 aromatic rings. The van der Waals surface area contributed by atoms with Crippen LogP contribution in [0.1, 0.15) is 39.6 Å². The van der Waals surface area contributed by atoms with Gasteiger partial charge in [0.1, 0.15) is 0 Å². The zero-order chi connectivity index (χ0) is 19.8. The highest BCUT2D eigenvalue weighted by Gasteiger charge is 2.13. The largest absolute Gasteiger partial charge is 0.454 e. The molecule has 0 spiro atoms. The lowest BCUT2D eigenvalue weighted by atomic mass is 10.1. The normalized spacial score (nSPS) is 10.3. The van der Waals surface area contributed by atoms with Crippen molar-refractivity contribution in [1.82, 2.24) is 5.32 Å². The fourth-order valence-electron chi connectivity index (χ4n) is 2.38. The Bertz CT molecular complexity index is 834. The third-order valence-corrected chi connectivity index (χ3v) is 4.20. The van der Waals surface area contributed by atoms with E-state index in [1.807, 2.05) is 12.1 Å². The number of nitrogens with one attached hydrogen (secondary N) is 1. The van der Waals surface area contributed by atoms with E-state index in [0.29, 0.717) is 17.1 Å². The van der Waals surface area contributed by atoms with Crippen LogP contribution >= 0.6 is 11.6 Å². The Morgan fingerprint density at radius 3 is 2.37 bits per heavy atom. The van der Waals surface area contributed by atoms with Crippen molar-refractivity contribution in [2.75, 3.05) is 18.9 Å². The van der Waals surface area contributed by atoms with Crippen molar-refractivity contribution in [2.24, 2.45) is 0 Å². The van der Waals surface area contributed by atoms with Crippen molar-refractivity contribution in [3.63, 3.8) is 0 Å². The number of hydrogen-bond donors (Lipinski definition) is 2. The van der Waals surface area contributed by atoms with Gasteiger partial charge in [-0.3, -0.25) is 9.59 Å². The molecular weight excluding hydrogens is 368 g/mol. The molecule has 7 heteroatoms. The number of nitrogen functional groups attached to an aromatic ring is 1. The Morgan fingerprint density at radius 2 is 1.74 bits per heavy atom. The average Bonchev–Trinajstić information content (AvgIpc) is 2.65. The van der Waals surface area contributed by atoms with Crippen molar-refractivity contribution in [2.45, 2.75) is 19.8 Å². The predicted octanol–water partition coefficient (Wildman–Crippen LogP) is 3.03. The first-order chi connectivity index (χ1) is 12.9. The van der Waals surface area contributed by atoms with Crippen LogP contribution in [0.4, 0.5) is 5.69 Å². The number of carbonyl (C=O) groups is 3. The van der Waals surface area contributed by atoms with Gasteiger partial charge in [0, 0.05) is 19.0 Å². The van der Waals surface area contributed by atoms with E-state index in [9.17, 15) is 14.4 Å². The fraction of sp³-hybridized carbons (Fsp3) is 0.250. The third-order valence-electron chi connectivity index (χ3n) is 3.86. The van der Waals surface area contributed by atoms with E-state index >= 15 is 0 Å². The molecule has 0 heterocycles. The lowest BCUT2D eigenvalue weighted by molar-refractivity contribution is -0.118. The maximum absolute atomic E-state index is 12.2. The number of amides is 1. The second-order valence-electron chi connectivity index (χ2n) is 6.02.